The van der Waals surface area contributed by atoms with Crippen molar-refractivity contribution in [3.63, 3.8) is 0 Å². The quantitative estimate of drug-likeness (QED) is 0.409. The number of nitriles is 1. The minimum absolute atomic E-state index is 0.168. The molecule has 32 heavy (non-hydrogen) atoms. The van der Waals surface area contributed by atoms with Gasteiger partial charge in [-0.3, -0.25) is 0 Å². The number of anilines is 1. The highest BCUT2D eigenvalue weighted by Gasteiger charge is 2.34. The molecule has 3 aromatic rings. The molecule has 2 heterocycles. The molecule has 0 amide bonds. The van der Waals surface area contributed by atoms with Gasteiger partial charge in [-0.2, -0.15) is 5.26 Å². The maximum atomic E-state index is 8.99. The van der Waals surface area contributed by atoms with Crippen LogP contribution in [0.15, 0.2) is 47.0 Å². The first-order chi connectivity index (χ1) is 15.6. The summed E-state index contributed by atoms with van der Waals surface area (Å²) in [4.78, 5) is 2.34. The fourth-order valence-electron chi connectivity index (χ4n) is 4.28. The van der Waals surface area contributed by atoms with E-state index in [9.17, 15) is 0 Å². The van der Waals surface area contributed by atoms with Gasteiger partial charge in [0.25, 0.3) is 0 Å². The number of benzene rings is 2. The summed E-state index contributed by atoms with van der Waals surface area (Å²) in [5.74, 6) is 1.32. The second-order valence-corrected chi connectivity index (χ2v) is 9.22. The highest BCUT2D eigenvalue weighted by atomic mass is 35.5. The third kappa shape index (κ3) is 4.36. The Bertz CT molecular complexity index is 1120. The number of halogens is 2. The summed E-state index contributed by atoms with van der Waals surface area (Å²) in [6.07, 6.45) is 4.27. The molecule has 2 aliphatic rings. The van der Waals surface area contributed by atoms with Gasteiger partial charge in [-0.25, -0.2) is 0 Å². The van der Waals surface area contributed by atoms with Crippen LogP contribution in [-0.2, 0) is 11.3 Å². The Kier molecular flexibility index (Phi) is 6.10. The van der Waals surface area contributed by atoms with Crippen LogP contribution in [0, 0.1) is 11.3 Å². The summed E-state index contributed by atoms with van der Waals surface area (Å²) in [7, 11) is 0. The van der Waals surface area contributed by atoms with Gasteiger partial charge in [0.2, 0.25) is 0 Å². The van der Waals surface area contributed by atoms with E-state index >= 15 is 0 Å². The summed E-state index contributed by atoms with van der Waals surface area (Å²) >= 11 is 12.9. The third-order valence-corrected chi connectivity index (χ3v) is 6.86. The van der Waals surface area contributed by atoms with Crippen LogP contribution in [0.5, 0.6) is 0 Å². The van der Waals surface area contributed by atoms with Crippen LogP contribution < -0.4 is 4.90 Å². The number of hydrogen-bond donors (Lipinski definition) is 0. The molecule has 1 aliphatic carbocycles. The predicted molar refractivity (Wildman–Crippen MR) is 125 cm³/mol. The molecule has 0 bridgehead atoms. The van der Waals surface area contributed by atoms with Gasteiger partial charge in [0, 0.05) is 35.8 Å². The van der Waals surface area contributed by atoms with E-state index in [4.69, 9.17) is 37.7 Å². The molecule has 0 radical (unpaired) electrons. The summed E-state index contributed by atoms with van der Waals surface area (Å²) in [5.41, 5.74) is 4.20. The molecule has 1 aromatic heterocycles. The Labute approximate surface area is 197 Å². The highest BCUT2D eigenvalue weighted by Crippen LogP contribution is 2.46. The second-order valence-electron chi connectivity index (χ2n) is 8.40. The van der Waals surface area contributed by atoms with E-state index in [1.807, 2.05) is 42.5 Å². The molecular weight excluding hydrogens is 445 g/mol. The van der Waals surface area contributed by atoms with Crippen molar-refractivity contribution in [1.29, 1.82) is 5.26 Å². The van der Waals surface area contributed by atoms with Crippen LogP contribution >= 0.6 is 23.2 Å². The number of nitrogens with zero attached hydrogens (tertiary/aromatic N) is 3. The third-order valence-electron chi connectivity index (χ3n) is 6.23. The van der Waals surface area contributed by atoms with Gasteiger partial charge >= 0.3 is 0 Å². The Morgan fingerprint density at radius 3 is 2.34 bits per heavy atom. The molecule has 5 rings (SSSR count). The Balaban J connectivity index is 1.27. The molecule has 164 valence electrons. The molecule has 2 aromatic carbocycles. The molecule has 0 N–H and O–H groups in total. The van der Waals surface area contributed by atoms with Crippen LogP contribution in [0.1, 0.15) is 48.5 Å². The predicted octanol–water partition coefficient (Wildman–Crippen LogP) is 6.58. The van der Waals surface area contributed by atoms with Crippen LogP contribution in [0.2, 0.25) is 10.0 Å². The Morgan fingerprint density at radius 1 is 1.03 bits per heavy atom. The summed E-state index contributed by atoms with van der Waals surface area (Å²) in [5, 5.41) is 14.4. The average Bonchev–Trinajstić information content (AvgIpc) is 3.58. The zero-order valence-electron chi connectivity index (χ0n) is 17.6. The molecule has 1 saturated heterocycles. The molecular formula is C25H23Cl2N3O2. The lowest BCUT2D eigenvalue weighted by Crippen LogP contribution is -2.37. The molecule has 5 nitrogen and oxygen atoms in total. The molecule has 0 spiro atoms. The maximum absolute atomic E-state index is 8.99. The summed E-state index contributed by atoms with van der Waals surface area (Å²) < 4.78 is 12.1. The first kappa shape index (κ1) is 21.3. The average molecular weight is 468 g/mol. The van der Waals surface area contributed by atoms with Crippen molar-refractivity contribution in [2.75, 3.05) is 18.0 Å². The molecule has 7 heteroatoms. The summed E-state index contributed by atoms with van der Waals surface area (Å²) in [6.45, 7) is 2.27. The number of rotatable bonds is 6. The van der Waals surface area contributed by atoms with E-state index in [1.54, 1.807) is 0 Å². The van der Waals surface area contributed by atoms with Crippen molar-refractivity contribution < 1.29 is 9.26 Å². The molecule has 0 atom stereocenters. The smallest absolute Gasteiger partial charge is 0.145 e. The van der Waals surface area contributed by atoms with Crippen LogP contribution in [0.25, 0.3) is 11.3 Å². The highest BCUT2D eigenvalue weighted by molar-refractivity contribution is 6.39. The van der Waals surface area contributed by atoms with Crippen LogP contribution in [-0.4, -0.2) is 24.4 Å². The lowest BCUT2D eigenvalue weighted by molar-refractivity contribution is 0.0246. The van der Waals surface area contributed by atoms with Gasteiger partial charge in [-0.05, 0) is 62.1 Å². The topological polar surface area (TPSA) is 62.3 Å². The largest absolute Gasteiger partial charge is 0.373 e. The van der Waals surface area contributed by atoms with E-state index in [1.165, 1.54) is 0 Å². The number of ether oxygens (including phenoxy) is 1. The molecule has 2 fully saturated rings. The minimum atomic E-state index is 0.168. The van der Waals surface area contributed by atoms with Crippen molar-refractivity contribution in [2.24, 2.45) is 0 Å². The van der Waals surface area contributed by atoms with E-state index in [0.717, 1.165) is 55.8 Å². The molecule has 1 aliphatic heterocycles. The second kappa shape index (κ2) is 9.15. The zero-order valence-corrected chi connectivity index (χ0v) is 19.1. The first-order valence-electron chi connectivity index (χ1n) is 10.9. The first-order valence-corrected chi connectivity index (χ1v) is 11.7. The van der Waals surface area contributed by atoms with Gasteiger partial charge in [-0.15, -0.1) is 0 Å². The monoisotopic (exact) mass is 467 g/mol. The summed E-state index contributed by atoms with van der Waals surface area (Å²) in [6, 6.07) is 15.4. The maximum Gasteiger partial charge on any atom is 0.145 e. The fourth-order valence-corrected chi connectivity index (χ4v) is 4.85. The zero-order chi connectivity index (χ0) is 22.1. The van der Waals surface area contributed by atoms with Crippen molar-refractivity contribution in [1.82, 2.24) is 5.16 Å². The van der Waals surface area contributed by atoms with Crippen molar-refractivity contribution in [3.8, 4) is 17.3 Å². The Hall–Kier alpha value is -2.52. The van der Waals surface area contributed by atoms with Gasteiger partial charge in [0.05, 0.1) is 34.4 Å². The lowest BCUT2D eigenvalue weighted by Gasteiger charge is -2.33. The van der Waals surface area contributed by atoms with Crippen LogP contribution in [0.3, 0.4) is 0 Å². The fraction of sp³-hybridized carbons (Fsp3) is 0.360. The van der Waals surface area contributed by atoms with E-state index in [2.05, 4.69) is 16.1 Å². The lowest BCUT2D eigenvalue weighted by atomic mass is 10.0. The van der Waals surface area contributed by atoms with Crippen molar-refractivity contribution >= 4 is 28.9 Å². The van der Waals surface area contributed by atoms with Crippen molar-refractivity contribution in [2.45, 2.75) is 44.3 Å². The number of hydrogen-bond acceptors (Lipinski definition) is 5. The van der Waals surface area contributed by atoms with Gasteiger partial charge in [0.15, 0.2) is 0 Å². The molecule has 1 saturated carbocycles. The van der Waals surface area contributed by atoms with Gasteiger partial charge < -0.3 is 14.2 Å². The van der Waals surface area contributed by atoms with E-state index in [-0.39, 0.29) is 6.10 Å². The van der Waals surface area contributed by atoms with Crippen LogP contribution in [0.4, 0.5) is 5.69 Å². The number of piperidine rings is 1. The van der Waals surface area contributed by atoms with Crippen molar-refractivity contribution in [3.05, 3.63) is 69.4 Å². The van der Waals surface area contributed by atoms with E-state index in [0.29, 0.717) is 39.4 Å². The SMILES string of the molecule is N#Cc1ccc(N2CCC(OCc3c(-c4c(Cl)cccc4Cl)noc3C3CC3)CC2)cc1. The number of aromatic nitrogens is 1. The molecule has 0 unspecified atom stereocenters. The standard InChI is InChI=1S/C25H23Cl2N3O2/c26-21-2-1-3-22(27)23(21)24-20(25(32-29-24)17-6-7-17)15-31-19-10-12-30(13-11-19)18-8-4-16(14-28)5-9-18/h1-5,8-9,17,19H,6-7,10-13,15H2. The van der Waals surface area contributed by atoms with E-state index < -0.39 is 0 Å². The normalized spacial score (nSPS) is 16.8. The van der Waals surface area contributed by atoms with Gasteiger partial charge in [0.1, 0.15) is 11.5 Å². The Morgan fingerprint density at radius 2 is 1.72 bits per heavy atom. The van der Waals surface area contributed by atoms with Gasteiger partial charge in [-0.1, -0.05) is 34.4 Å². The minimum Gasteiger partial charge on any atom is -0.373 e.